The molecular formula is C12H16N2O4S. The fourth-order valence-corrected chi connectivity index (χ4v) is 2.37. The van der Waals surface area contributed by atoms with Gasteiger partial charge in [-0.1, -0.05) is 0 Å². The first-order chi connectivity index (χ1) is 8.90. The normalized spacial score (nSPS) is 15.7. The van der Waals surface area contributed by atoms with E-state index in [1.165, 1.54) is 19.2 Å². The largest absolute Gasteiger partial charge is 0.465 e. The van der Waals surface area contributed by atoms with Crippen LogP contribution in [0.2, 0.25) is 0 Å². The summed E-state index contributed by atoms with van der Waals surface area (Å²) in [7, 11) is -2.22. The van der Waals surface area contributed by atoms with Crippen LogP contribution >= 0.6 is 0 Å². The second-order valence-electron chi connectivity index (χ2n) is 4.62. The number of nitrogens with one attached hydrogen (secondary N) is 1. The molecular weight excluding hydrogens is 268 g/mol. The van der Waals surface area contributed by atoms with Crippen molar-refractivity contribution in [3.05, 3.63) is 17.7 Å². The molecule has 0 saturated heterocycles. The number of nitrogens with zero attached hydrogens (tertiary/aromatic N) is 1. The maximum atomic E-state index is 11.6. The van der Waals surface area contributed by atoms with Crippen LogP contribution in [-0.2, 0) is 14.6 Å². The van der Waals surface area contributed by atoms with E-state index in [0.29, 0.717) is 11.9 Å². The number of carbonyl (C=O) groups excluding carboxylic acids is 1. The van der Waals surface area contributed by atoms with Crippen LogP contribution in [-0.4, -0.2) is 38.8 Å². The average molecular weight is 284 g/mol. The Morgan fingerprint density at radius 3 is 2.58 bits per heavy atom. The predicted molar refractivity (Wildman–Crippen MR) is 69.9 cm³/mol. The zero-order valence-electron chi connectivity index (χ0n) is 10.8. The van der Waals surface area contributed by atoms with Gasteiger partial charge in [0.25, 0.3) is 0 Å². The van der Waals surface area contributed by atoms with Crippen LogP contribution in [0.1, 0.15) is 29.6 Å². The van der Waals surface area contributed by atoms with Crippen molar-refractivity contribution in [2.45, 2.75) is 30.3 Å². The van der Waals surface area contributed by atoms with Crippen LogP contribution in [0.3, 0.4) is 0 Å². The summed E-state index contributed by atoms with van der Waals surface area (Å²) in [6, 6.07) is 3.04. The highest BCUT2D eigenvalue weighted by molar-refractivity contribution is 7.90. The Morgan fingerprint density at radius 2 is 2.11 bits per heavy atom. The second kappa shape index (κ2) is 5.16. The lowest BCUT2D eigenvalue weighted by atomic mass is 9.93. The third-order valence-electron chi connectivity index (χ3n) is 3.06. The number of methoxy groups -OCH3 is 1. The summed E-state index contributed by atoms with van der Waals surface area (Å²) in [6.45, 7) is 0. The Balaban J connectivity index is 2.38. The van der Waals surface area contributed by atoms with Gasteiger partial charge in [-0.2, -0.15) is 0 Å². The van der Waals surface area contributed by atoms with Crippen molar-refractivity contribution in [3.8, 4) is 0 Å². The standard InChI is InChI=1S/C12H16N2O4S/c1-18-12(15)8-6-10(13-9-4-3-5-9)14-11(7-8)19(2,16)17/h6-7,9H,3-5H2,1-2H3,(H,13,14). The van der Waals surface area contributed by atoms with Gasteiger partial charge in [-0.15, -0.1) is 0 Å². The van der Waals surface area contributed by atoms with Gasteiger partial charge in [0.05, 0.1) is 12.7 Å². The topological polar surface area (TPSA) is 85.4 Å². The lowest BCUT2D eigenvalue weighted by Gasteiger charge is -2.27. The summed E-state index contributed by atoms with van der Waals surface area (Å²) in [6.07, 6.45) is 4.26. The molecule has 0 aliphatic heterocycles. The third-order valence-corrected chi connectivity index (χ3v) is 4.03. The maximum absolute atomic E-state index is 11.6. The SMILES string of the molecule is COC(=O)c1cc(NC2CCC2)nc(S(C)(=O)=O)c1. The number of rotatable bonds is 4. The van der Waals surface area contributed by atoms with E-state index >= 15 is 0 Å². The molecule has 1 N–H and O–H groups in total. The summed E-state index contributed by atoms with van der Waals surface area (Å²) in [5.41, 5.74) is 0.180. The highest BCUT2D eigenvalue weighted by Crippen LogP contribution is 2.24. The van der Waals surface area contributed by atoms with E-state index in [0.717, 1.165) is 25.5 Å². The van der Waals surface area contributed by atoms with Gasteiger partial charge < -0.3 is 10.1 Å². The number of aromatic nitrogens is 1. The van der Waals surface area contributed by atoms with Gasteiger partial charge in [0, 0.05) is 12.3 Å². The van der Waals surface area contributed by atoms with E-state index in [2.05, 4.69) is 15.0 Å². The molecule has 0 bridgehead atoms. The smallest absolute Gasteiger partial charge is 0.338 e. The average Bonchev–Trinajstić information content (AvgIpc) is 2.31. The molecule has 0 spiro atoms. The lowest BCUT2D eigenvalue weighted by molar-refractivity contribution is 0.0600. The summed E-state index contributed by atoms with van der Waals surface area (Å²) >= 11 is 0. The molecule has 7 heteroatoms. The van der Waals surface area contributed by atoms with E-state index in [1.807, 2.05) is 0 Å². The molecule has 0 atom stereocenters. The van der Waals surface area contributed by atoms with Crippen LogP contribution in [0.25, 0.3) is 0 Å². The van der Waals surface area contributed by atoms with Gasteiger partial charge in [-0.25, -0.2) is 18.2 Å². The number of pyridine rings is 1. The van der Waals surface area contributed by atoms with Gasteiger partial charge in [-0.3, -0.25) is 0 Å². The minimum Gasteiger partial charge on any atom is -0.465 e. The first-order valence-corrected chi connectivity index (χ1v) is 7.86. The number of hydrogen-bond donors (Lipinski definition) is 1. The molecule has 1 aromatic rings. The molecule has 0 unspecified atom stereocenters. The first kappa shape index (κ1) is 13.8. The molecule has 19 heavy (non-hydrogen) atoms. The summed E-state index contributed by atoms with van der Waals surface area (Å²) in [5.74, 6) is -0.183. The molecule has 1 aromatic heterocycles. The summed E-state index contributed by atoms with van der Waals surface area (Å²) < 4.78 is 27.8. The van der Waals surface area contributed by atoms with E-state index in [4.69, 9.17) is 0 Å². The molecule has 2 rings (SSSR count). The Kier molecular flexibility index (Phi) is 3.75. The Morgan fingerprint density at radius 1 is 1.42 bits per heavy atom. The Hall–Kier alpha value is -1.63. The van der Waals surface area contributed by atoms with Crippen molar-refractivity contribution in [1.29, 1.82) is 0 Å². The third kappa shape index (κ3) is 3.23. The zero-order valence-corrected chi connectivity index (χ0v) is 11.7. The van der Waals surface area contributed by atoms with Gasteiger partial charge in [0.1, 0.15) is 5.82 Å². The van der Waals surface area contributed by atoms with Crippen LogP contribution in [0.5, 0.6) is 0 Å². The molecule has 1 saturated carbocycles. The summed E-state index contributed by atoms with van der Waals surface area (Å²) in [5, 5.41) is 3.00. The van der Waals surface area contributed by atoms with Crippen LogP contribution in [0.15, 0.2) is 17.2 Å². The number of carbonyl (C=O) groups is 1. The minimum atomic E-state index is -3.47. The second-order valence-corrected chi connectivity index (χ2v) is 6.58. The molecule has 1 heterocycles. The van der Waals surface area contributed by atoms with Crippen LogP contribution in [0.4, 0.5) is 5.82 Å². The predicted octanol–water partition coefficient (Wildman–Crippen LogP) is 1.24. The van der Waals surface area contributed by atoms with Crippen molar-refractivity contribution >= 4 is 21.6 Å². The van der Waals surface area contributed by atoms with E-state index in [9.17, 15) is 13.2 Å². The number of anilines is 1. The quantitative estimate of drug-likeness (QED) is 0.837. The highest BCUT2D eigenvalue weighted by atomic mass is 32.2. The molecule has 0 radical (unpaired) electrons. The Bertz CT molecular complexity index is 594. The van der Waals surface area contributed by atoms with Crippen molar-refractivity contribution in [3.63, 3.8) is 0 Å². The van der Waals surface area contributed by atoms with Crippen molar-refractivity contribution < 1.29 is 17.9 Å². The highest BCUT2D eigenvalue weighted by Gasteiger charge is 2.20. The lowest BCUT2D eigenvalue weighted by Crippen LogP contribution is -2.27. The number of hydrogen-bond acceptors (Lipinski definition) is 6. The molecule has 0 amide bonds. The molecule has 104 valence electrons. The minimum absolute atomic E-state index is 0.128. The number of esters is 1. The molecule has 1 aliphatic carbocycles. The monoisotopic (exact) mass is 284 g/mol. The Labute approximate surface area is 112 Å². The van der Waals surface area contributed by atoms with Crippen LogP contribution < -0.4 is 5.32 Å². The van der Waals surface area contributed by atoms with Crippen LogP contribution in [0, 0.1) is 0 Å². The van der Waals surface area contributed by atoms with Gasteiger partial charge >= 0.3 is 5.97 Å². The molecule has 1 aliphatic rings. The number of ether oxygens (including phenoxy) is 1. The van der Waals surface area contributed by atoms with E-state index in [1.54, 1.807) is 0 Å². The molecule has 0 aromatic carbocycles. The van der Waals surface area contributed by atoms with Gasteiger partial charge in [-0.05, 0) is 31.4 Å². The maximum Gasteiger partial charge on any atom is 0.338 e. The zero-order chi connectivity index (χ0) is 14.0. The van der Waals surface area contributed by atoms with Gasteiger partial charge in [0.2, 0.25) is 0 Å². The van der Waals surface area contributed by atoms with Crippen molar-refractivity contribution in [2.24, 2.45) is 0 Å². The van der Waals surface area contributed by atoms with Gasteiger partial charge in [0.15, 0.2) is 14.9 Å². The van der Waals surface area contributed by atoms with Crippen molar-refractivity contribution in [1.82, 2.24) is 4.98 Å². The summed E-state index contributed by atoms with van der Waals surface area (Å²) in [4.78, 5) is 15.6. The molecule has 6 nitrogen and oxygen atoms in total. The fraction of sp³-hybridized carbons (Fsp3) is 0.500. The van der Waals surface area contributed by atoms with Crippen molar-refractivity contribution in [2.75, 3.05) is 18.7 Å². The fourth-order valence-electron chi connectivity index (χ4n) is 1.77. The van der Waals surface area contributed by atoms with E-state index < -0.39 is 15.8 Å². The number of sulfone groups is 1. The van der Waals surface area contributed by atoms with E-state index in [-0.39, 0.29) is 10.6 Å². The first-order valence-electron chi connectivity index (χ1n) is 5.97. The molecule has 1 fully saturated rings.